The number of halogens is 1. The molecule has 2 aliphatic carbocycles. The highest BCUT2D eigenvalue weighted by molar-refractivity contribution is 8.01. The Balaban J connectivity index is 1.77. The average Bonchev–Trinajstić information content (AvgIpc) is 2.66. The van der Waals surface area contributed by atoms with Gasteiger partial charge in [-0.1, -0.05) is 49.4 Å². The van der Waals surface area contributed by atoms with Crippen LogP contribution in [0.15, 0.2) is 29.2 Å². The van der Waals surface area contributed by atoms with E-state index in [0.717, 1.165) is 17.7 Å². The van der Waals surface area contributed by atoms with Gasteiger partial charge in [0.05, 0.1) is 5.02 Å². The molecular formula is C17H21ClO2S. The van der Waals surface area contributed by atoms with Crippen molar-refractivity contribution in [2.45, 2.75) is 61.0 Å². The van der Waals surface area contributed by atoms with Gasteiger partial charge in [0.25, 0.3) is 0 Å². The second kappa shape index (κ2) is 5.85. The fraction of sp³-hybridized carbons (Fsp3) is 0.588. The monoisotopic (exact) mass is 324 g/mol. The summed E-state index contributed by atoms with van der Waals surface area (Å²) in [4.78, 5) is 12.8. The predicted octanol–water partition coefficient (Wildman–Crippen LogP) is 5.39. The summed E-state index contributed by atoms with van der Waals surface area (Å²) in [6, 6.07) is 7.56. The molecule has 1 aromatic carbocycles. The van der Waals surface area contributed by atoms with Crippen molar-refractivity contribution in [1.29, 1.82) is 0 Å². The summed E-state index contributed by atoms with van der Waals surface area (Å²) in [5, 5.41) is 10.4. The fourth-order valence-corrected chi connectivity index (χ4v) is 5.83. The molecule has 2 fully saturated rings. The van der Waals surface area contributed by atoms with E-state index in [9.17, 15) is 9.90 Å². The molecule has 0 radical (unpaired) electrons. The molecule has 0 bridgehead atoms. The van der Waals surface area contributed by atoms with Crippen LogP contribution in [0.25, 0.3) is 0 Å². The molecule has 0 unspecified atom stereocenters. The Morgan fingerprint density at radius 3 is 2.29 bits per heavy atom. The van der Waals surface area contributed by atoms with Crippen LogP contribution in [0.1, 0.15) is 51.4 Å². The molecule has 2 nitrogen and oxygen atoms in total. The van der Waals surface area contributed by atoms with Crippen molar-refractivity contribution in [3.05, 3.63) is 29.3 Å². The van der Waals surface area contributed by atoms with Gasteiger partial charge in [0.2, 0.25) is 0 Å². The van der Waals surface area contributed by atoms with Crippen LogP contribution in [-0.2, 0) is 4.79 Å². The van der Waals surface area contributed by atoms with E-state index in [1.165, 1.54) is 50.3 Å². The molecule has 0 atom stereocenters. The van der Waals surface area contributed by atoms with Gasteiger partial charge < -0.3 is 5.11 Å². The lowest BCUT2D eigenvalue weighted by Gasteiger charge is -2.53. The summed E-state index contributed by atoms with van der Waals surface area (Å²) in [5.41, 5.74) is 0.281. The van der Waals surface area contributed by atoms with Crippen molar-refractivity contribution in [1.82, 2.24) is 0 Å². The van der Waals surface area contributed by atoms with E-state index in [2.05, 4.69) is 0 Å². The molecular weight excluding hydrogens is 304 g/mol. The topological polar surface area (TPSA) is 37.3 Å². The van der Waals surface area contributed by atoms with Crippen LogP contribution in [0, 0.1) is 5.41 Å². The normalized spacial score (nSPS) is 23.3. The largest absolute Gasteiger partial charge is 0.480 e. The first-order valence-electron chi connectivity index (χ1n) is 7.72. The van der Waals surface area contributed by atoms with Crippen LogP contribution in [0.3, 0.4) is 0 Å². The maximum Gasteiger partial charge on any atom is 0.320 e. The number of aliphatic carboxylic acids is 1. The lowest BCUT2D eigenvalue weighted by Crippen LogP contribution is -2.54. The standard InChI is InChI=1S/C17H21ClO2S/c18-13-7-3-4-8-14(13)21-17(15(19)20)11-16(12-17)9-5-1-2-6-10-16/h3-4,7-8H,1-2,5-6,9-12H2,(H,19,20). The van der Waals surface area contributed by atoms with Gasteiger partial charge in [-0.2, -0.15) is 0 Å². The Kier molecular flexibility index (Phi) is 4.24. The van der Waals surface area contributed by atoms with Crippen LogP contribution in [0.4, 0.5) is 0 Å². The van der Waals surface area contributed by atoms with E-state index in [1.54, 1.807) is 0 Å². The van der Waals surface area contributed by atoms with Gasteiger partial charge in [0.15, 0.2) is 0 Å². The molecule has 1 spiro atoms. The van der Waals surface area contributed by atoms with E-state index in [-0.39, 0.29) is 5.41 Å². The smallest absolute Gasteiger partial charge is 0.320 e. The van der Waals surface area contributed by atoms with Crippen molar-refractivity contribution in [2.75, 3.05) is 0 Å². The molecule has 21 heavy (non-hydrogen) atoms. The van der Waals surface area contributed by atoms with E-state index in [4.69, 9.17) is 11.6 Å². The molecule has 0 aliphatic heterocycles. The van der Waals surface area contributed by atoms with E-state index in [1.807, 2.05) is 24.3 Å². The minimum Gasteiger partial charge on any atom is -0.480 e. The quantitative estimate of drug-likeness (QED) is 0.810. The summed E-state index contributed by atoms with van der Waals surface area (Å²) >= 11 is 7.66. The number of carboxylic acids is 1. The van der Waals surface area contributed by atoms with Gasteiger partial charge in [-0.15, -0.1) is 11.8 Å². The van der Waals surface area contributed by atoms with Crippen molar-refractivity contribution in [3.8, 4) is 0 Å². The van der Waals surface area contributed by atoms with Crippen LogP contribution in [0.5, 0.6) is 0 Å². The zero-order valence-corrected chi connectivity index (χ0v) is 13.7. The minimum absolute atomic E-state index is 0.281. The van der Waals surface area contributed by atoms with E-state index >= 15 is 0 Å². The Morgan fingerprint density at radius 2 is 1.71 bits per heavy atom. The molecule has 3 rings (SSSR count). The van der Waals surface area contributed by atoms with Crippen molar-refractivity contribution < 1.29 is 9.90 Å². The SMILES string of the molecule is O=C(O)C1(Sc2ccccc2Cl)CC2(CCCCCC2)C1. The maximum absolute atomic E-state index is 11.9. The number of thioether (sulfide) groups is 1. The third kappa shape index (κ3) is 2.95. The maximum atomic E-state index is 11.9. The van der Waals surface area contributed by atoms with Gasteiger partial charge in [0.1, 0.15) is 4.75 Å². The van der Waals surface area contributed by atoms with Crippen LogP contribution < -0.4 is 0 Å². The molecule has 0 aromatic heterocycles. The molecule has 2 aliphatic rings. The Bertz CT molecular complexity index is 527. The summed E-state index contributed by atoms with van der Waals surface area (Å²) in [5.74, 6) is -0.678. The highest BCUT2D eigenvalue weighted by atomic mass is 35.5. The van der Waals surface area contributed by atoms with Gasteiger partial charge in [-0.3, -0.25) is 4.79 Å². The fourth-order valence-electron chi connectivity index (χ4n) is 4.00. The Labute approximate surface area is 135 Å². The lowest BCUT2D eigenvalue weighted by molar-refractivity contribution is -0.147. The summed E-state index contributed by atoms with van der Waals surface area (Å²) in [7, 11) is 0. The molecule has 4 heteroatoms. The van der Waals surface area contributed by atoms with Gasteiger partial charge in [-0.05, 0) is 43.2 Å². The first kappa shape index (κ1) is 15.2. The second-order valence-corrected chi connectivity index (χ2v) is 8.43. The minimum atomic E-state index is -0.678. The highest BCUT2D eigenvalue weighted by Gasteiger charge is 2.59. The van der Waals surface area contributed by atoms with Crippen molar-refractivity contribution >= 4 is 29.3 Å². The number of benzene rings is 1. The Hall–Kier alpha value is -0.670. The summed E-state index contributed by atoms with van der Waals surface area (Å²) in [6.45, 7) is 0. The van der Waals surface area contributed by atoms with Crippen molar-refractivity contribution in [3.63, 3.8) is 0 Å². The zero-order chi connectivity index (χ0) is 14.9. The number of hydrogen-bond acceptors (Lipinski definition) is 2. The van der Waals surface area contributed by atoms with Gasteiger partial charge in [-0.25, -0.2) is 0 Å². The molecule has 0 amide bonds. The number of carbonyl (C=O) groups is 1. The van der Waals surface area contributed by atoms with Crippen LogP contribution in [0.2, 0.25) is 5.02 Å². The van der Waals surface area contributed by atoms with E-state index in [0.29, 0.717) is 5.02 Å². The van der Waals surface area contributed by atoms with Crippen LogP contribution >= 0.6 is 23.4 Å². The molecule has 0 heterocycles. The number of carboxylic acid groups (broad SMARTS) is 1. The lowest BCUT2D eigenvalue weighted by atomic mass is 9.58. The molecule has 0 saturated heterocycles. The van der Waals surface area contributed by atoms with E-state index < -0.39 is 10.7 Å². The summed E-state index contributed by atoms with van der Waals surface area (Å²) in [6.07, 6.45) is 9.12. The highest BCUT2D eigenvalue weighted by Crippen LogP contribution is 2.63. The molecule has 114 valence electrons. The molecule has 1 N–H and O–H groups in total. The zero-order valence-electron chi connectivity index (χ0n) is 12.1. The number of hydrogen-bond donors (Lipinski definition) is 1. The Morgan fingerprint density at radius 1 is 1.10 bits per heavy atom. The first-order valence-corrected chi connectivity index (χ1v) is 8.92. The third-order valence-electron chi connectivity index (χ3n) is 5.02. The third-order valence-corrected chi connectivity index (χ3v) is 6.89. The average molecular weight is 325 g/mol. The first-order chi connectivity index (χ1) is 10.1. The molecule has 1 aromatic rings. The molecule has 2 saturated carbocycles. The summed E-state index contributed by atoms with van der Waals surface area (Å²) < 4.78 is -0.671. The number of rotatable bonds is 3. The predicted molar refractivity (Wildman–Crippen MR) is 87.0 cm³/mol. The van der Waals surface area contributed by atoms with Crippen LogP contribution in [-0.4, -0.2) is 15.8 Å². The van der Waals surface area contributed by atoms with Gasteiger partial charge in [0, 0.05) is 4.90 Å². The second-order valence-electron chi connectivity index (χ2n) is 6.60. The van der Waals surface area contributed by atoms with Crippen molar-refractivity contribution in [2.24, 2.45) is 5.41 Å². The van der Waals surface area contributed by atoms with Gasteiger partial charge >= 0.3 is 5.97 Å².